The summed E-state index contributed by atoms with van der Waals surface area (Å²) >= 11 is 1.54. The molecule has 0 atom stereocenters. The van der Waals surface area contributed by atoms with Crippen molar-refractivity contribution in [2.45, 2.75) is 6.54 Å². The fourth-order valence-corrected chi connectivity index (χ4v) is 4.11. The molecule has 0 aliphatic carbocycles. The summed E-state index contributed by atoms with van der Waals surface area (Å²) in [4.78, 5) is 14.2. The van der Waals surface area contributed by atoms with Crippen LogP contribution in [-0.2, 0) is 6.54 Å². The van der Waals surface area contributed by atoms with Crippen molar-refractivity contribution in [1.82, 2.24) is 9.78 Å². The summed E-state index contributed by atoms with van der Waals surface area (Å²) in [6.07, 6.45) is 1.77. The zero-order valence-electron chi connectivity index (χ0n) is 18.0. The van der Waals surface area contributed by atoms with Crippen LogP contribution in [0.25, 0.3) is 10.6 Å². The van der Waals surface area contributed by atoms with Crippen LogP contribution in [0.2, 0.25) is 0 Å². The molecule has 1 amide bonds. The van der Waals surface area contributed by atoms with E-state index >= 15 is 0 Å². The fourth-order valence-electron chi connectivity index (χ4n) is 3.39. The van der Waals surface area contributed by atoms with Crippen molar-refractivity contribution < 1.29 is 19.0 Å². The van der Waals surface area contributed by atoms with Crippen molar-refractivity contribution in [2.75, 3.05) is 26.6 Å². The number of aromatic nitrogens is 2. The van der Waals surface area contributed by atoms with Crippen LogP contribution >= 0.6 is 11.3 Å². The average molecular weight is 450 g/mol. The number of nitrogens with zero attached hydrogens (tertiary/aromatic N) is 2. The molecule has 8 heteroatoms. The quantitative estimate of drug-likeness (QED) is 0.413. The lowest BCUT2D eigenvalue weighted by atomic mass is 10.2. The number of thiophene rings is 1. The molecule has 1 N–H and O–H groups in total. The van der Waals surface area contributed by atoms with Gasteiger partial charge in [-0.1, -0.05) is 36.4 Å². The Bertz CT molecular complexity index is 1180. The number of anilines is 1. The van der Waals surface area contributed by atoms with E-state index in [9.17, 15) is 4.79 Å². The summed E-state index contributed by atoms with van der Waals surface area (Å²) in [5, 5.41) is 9.60. The molecular formula is C24H23N3O4S. The van der Waals surface area contributed by atoms with Crippen LogP contribution in [0.3, 0.4) is 0 Å². The standard InChI is InChI=1S/C24H23N3O4S/c1-29-19-12-17(13-20(30-2)23(19)31-3)25-24(28)18-15-27(14-16-8-5-4-6-9-16)26-22(18)21-10-7-11-32-21/h4-13,15H,14H2,1-3H3,(H,25,28). The molecule has 2 heterocycles. The smallest absolute Gasteiger partial charge is 0.259 e. The Morgan fingerprint density at radius 2 is 1.72 bits per heavy atom. The Morgan fingerprint density at radius 3 is 2.31 bits per heavy atom. The largest absolute Gasteiger partial charge is 0.493 e. The van der Waals surface area contributed by atoms with Gasteiger partial charge in [-0.05, 0) is 17.0 Å². The molecule has 0 saturated carbocycles. The van der Waals surface area contributed by atoms with Crippen molar-refractivity contribution in [3.63, 3.8) is 0 Å². The number of ether oxygens (including phenoxy) is 3. The second-order valence-electron chi connectivity index (χ2n) is 6.92. The summed E-state index contributed by atoms with van der Waals surface area (Å²) < 4.78 is 17.9. The number of benzene rings is 2. The summed E-state index contributed by atoms with van der Waals surface area (Å²) in [6.45, 7) is 0.566. The van der Waals surface area contributed by atoms with E-state index in [-0.39, 0.29) is 5.91 Å². The van der Waals surface area contributed by atoms with Gasteiger partial charge in [-0.2, -0.15) is 5.10 Å². The van der Waals surface area contributed by atoms with Gasteiger partial charge in [0.2, 0.25) is 5.75 Å². The first-order chi connectivity index (χ1) is 15.6. The van der Waals surface area contributed by atoms with Gasteiger partial charge < -0.3 is 19.5 Å². The van der Waals surface area contributed by atoms with Gasteiger partial charge in [-0.25, -0.2) is 0 Å². The lowest BCUT2D eigenvalue weighted by Gasteiger charge is -2.14. The van der Waals surface area contributed by atoms with Crippen LogP contribution in [-0.4, -0.2) is 37.0 Å². The average Bonchev–Trinajstić information content (AvgIpc) is 3.49. The highest BCUT2D eigenvalue weighted by Gasteiger charge is 2.21. The number of hydrogen-bond donors (Lipinski definition) is 1. The van der Waals surface area contributed by atoms with Gasteiger partial charge in [0.25, 0.3) is 5.91 Å². The molecule has 164 valence electrons. The summed E-state index contributed by atoms with van der Waals surface area (Å²) in [7, 11) is 4.60. The van der Waals surface area contributed by atoms with Gasteiger partial charge in [0.1, 0.15) is 5.69 Å². The molecular weight excluding hydrogens is 426 g/mol. The number of amides is 1. The van der Waals surface area contributed by atoms with Crippen LogP contribution in [0.4, 0.5) is 5.69 Å². The van der Waals surface area contributed by atoms with E-state index in [4.69, 9.17) is 19.3 Å². The Balaban J connectivity index is 1.67. The van der Waals surface area contributed by atoms with Crippen LogP contribution in [0.5, 0.6) is 17.2 Å². The number of methoxy groups -OCH3 is 3. The van der Waals surface area contributed by atoms with Crippen LogP contribution in [0.15, 0.2) is 66.2 Å². The second kappa shape index (κ2) is 9.57. The van der Waals surface area contributed by atoms with Crippen LogP contribution < -0.4 is 19.5 Å². The minimum atomic E-state index is -0.276. The SMILES string of the molecule is COc1cc(NC(=O)c2cn(Cc3ccccc3)nc2-c2cccs2)cc(OC)c1OC. The molecule has 0 radical (unpaired) electrons. The molecule has 0 aliphatic heterocycles. The lowest BCUT2D eigenvalue weighted by molar-refractivity contribution is 0.102. The maximum atomic E-state index is 13.3. The number of nitrogens with one attached hydrogen (secondary N) is 1. The maximum absolute atomic E-state index is 13.3. The number of carbonyl (C=O) groups is 1. The van der Waals surface area contributed by atoms with Gasteiger partial charge in [-0.15, -0.1) is 11.3 Å². The molecule has 0 saturated heterocycles. The molecule has 4 aromatic rings. The summed E-state index contributed by atoms with van der Waals surface area (Å²) in [5.74, 6) is 1.10. The first kappa shape index (κ1) is 21.5. The minimum Gasteiger partial charge on any atom is -0.493 e. The number of hydrogen-bond acceptors (Lipinski definition) is 6. The van der Waals surface area contributed by atoms with Gasteiger partial charge in [0.15, 0.2) is 11.5 Å². The normalized spacial score (nSPS) is 10.6. The van der Waals surface area contributed by atoms with E-state index in [1.165, 1.54) is 32.7 Å². The maximum Gasteiger partial charge on any atom is 0.259 e. The number of carbonyl (C=O) groups excluding carboxylic acids is 1. The molecule has 0 fully saturated rings. The highest BCUT2D eigenvalue weighted by atomic mass is 32.1. The molecule has 0 aliphatic rings. The van der Waals surface area contributed by atoms with Crippen molar-refractivity contribution in [3.05, 3.63) is 77.3 Å². The molecule has 7 nitrogen and oxygen atoms in total. The summed E-state index contributed by atoms with van der Waals surface area (Å²) in [5.41, 5.74) is 2.75. The highest BCUT2D eigenvalue weighted by Crippen LogP contribution is 2.40. The zero-order chi connectivity index (χ0) is 22.5. The van der Waals surface area contributed by atoms with Crippen molar-refractivity contribution in [3.8, 4) is 27.8 Å². The predicted molar refractivity (Wildman–Crippen MR) is 125 cm³/mol. The number of rotatable bonds is 8. The van der Waals surface area contributed by atoms with Gasteiger partial charge in [0.05, 0.1) is 38.3 Å². The Kier molecular flexibility index (Phi) is 6.42. The highest BCUT2D eigenvalue weighted by molar-refractivity contribution is 7.13. The third-order valence-corrected chi connectivity index (χ3v) is 5.75. The Hall–Kier alpha value is -3.78. The van der Waals surface area contributed by atoms with Crippen molar-refractivity contribution in [1.29, 1.82) is 0 Å². The van der Waals surface area contributed by atoms with Crippen molar-refractivity contribution in [2.24, 2.45) is 0 Å². The Morgan fingerprint density at radius 1 is 1.00 bits per heavy atom. The topological polar surface area (TPSA) is 74.6 Å². The third kappa shape index (κ3) is 4.45. The first-order valence-electron chi connectivity index (χ1n) is 9.89. The van der Waals surface area contributed by atoms with Gasteiger partial charge in [0, 0.05) is 24.0 Å². The fraction of sp³-hybridized carbons (Fsp3) is 0.167. The van der Waals surface area contributed by atoms with E-state index in [1.54, 1.807) is 23.0 Å². The molecule has 4 rings (SSSR count). The molecule has 2 aromatic heterocycles. The molecule has 2 aromatic carbocycles. The third-order valence-electron chi connectivity index (χ3n) is 4.87. The first-order valence-corrected chi connectivity index (χ1v) is 10.8. The van der Waals surface area contributed by atoms with Gasteiger partial charge in [-0.3, -0.25) is 9.48 Å². The molecule has 0 bridgehead atoms. The lowest BCUT2D eigenvalue weighted by Crippen LogP contribution is -2.12. The monoisotopic (exact) mass is 449 g/mol. The van der Waals surface area contributed by atoms with Gasteiger partial charge >= 0.3 is 0 Å². The summed E-state index contributed by atoms with van der Waals surface area (Å²) in [6, 6.07) is 17.3. The van der Waals surface area contributed by atoms with E-state index in [0.29, 0.717) is 40.7 Å². The van der Waals surface area contributed by atoms with E-state index in [1.807, 2.05) is 47.8 Å². The second-order valence-corrected chi connectivity index (χ2v) is 7.87. The van der Waals surface area contributed by atoms with Crippen LogP contribution in [0.1, 0.15) is 15.9 Å². The van der Waals surface area contributed by atoms with E-state index < -0.39 is 0 Å². The zero-order valence-corrected chi connectivity index (χ0v) is 18.8. The molecule has 0 spiro atoms. The molecule has 0 unspecified atom stereocenters. The molecule has 32 heavy (non-hydrogen) atoms. The van der Waals surface area contributed by atoms with Crippen molar-refractivity contribution >= 4 is 22.9 Å². The van der Waals surface area contributed by atoms with E-state index in [2.05, 4.69) is 5.32 Å². The van der Waals surface area contributed by atoms with Crippen LogP contribution in [0, 0.1) is 0 Å². The van der Waals surface area contributed by atoms with E-state index in [0.717, 1.165) is 10.4 Å². The predicted octanol–water partition coefficient (Wildman–Crippen LogP) is 4.94. The Labute approximate surface area is 190 Å². The minimum absolute atomic E-state index is 0.276.